The first kappa shape index (κ1) is 13.0. The van der Waals surface area contributed by atoms with Crippen molar-refractivity contribution >= 4 is 17.1 Å². The number of fused-ring (bicyclic) bond motifs is 1. The van der Waals surface area contributed by atoms with Crippen molar-refractivity contribution in [1.29, 1.82) is 0 Å². The fourth-order valence-electron chi connectivity index (χ4n) is 2.33. The van der Waals surface area contributed by atoms with Crippen LogP contribution in [-0.4, -0.2) is 55.7 Å². The Morgan fingerprint density at radius 1 is 1.55 bits per heavy atom. The lowest BCUT2D eigenvalue weighted by molar-refractivity contribution is -0.0486. The summed E-state index contributed by atoms with van der Waals surface area (Å²) in [4.78, 5) is 12.2. The lowest BCUT2D eigenvalue weighted by atomic mass is 10.2. The molecule has 1 aliphatic heterocycles. The van der Waals surface area contributed by atoms with Gasteiger partial charge in [-0.1, -0.05) is 0 Å². The number of imidazole rings is 1. The largest absolute Gasteiger partial charge is 0.479 e. The van der Waals surface area contributed by atoms with E-state index >= 15 is 0 Å². The molecule has 9 heteroatoms. The van der Waals surface area contributed by atoms with Crippen LogP contribution in [0.4, 0.5) is 5.95 Å². The van der Waals surface area contributed by atoms with Crippen molar-refractivity contribution in [2.45, 2.75) is 24.9 Å². The quantitative estimate of drug-likeness (QED) is 0.657. The minimum atomic E-state index is -0.758. The van der Waals surface area contributed by atoms with Gasteiger partial charge in [-0.05, 0) is 0 Å². The second-order valence-electron chi connectivity index (χ2n) is 4.55. The Hall–Kier alpha value is -1.97. The summed E-state index contributed by atoms with van der Waals surface area (Å²) in [6.45, 7) is -0.152. The van der Waals surface area contributed by atoms with Crippen molar-refractivity contribution in [2.75, 3.05) is 19.5 Å². The number of rotatable bonds is 3. The van der Waals surface area contributed by atoms with E-state index in [1.165, 1.54) is 13.4 Å². The molecule has 2 aromatic rings. The van der Waals surface area contributed by atoms with Gasteiger partial charge in [-0.15, -0.1) is 0 Å². The Kier molecular flexibility index (Phi) is 3.16. The zero-order valence-electron chi connectivity index (χ0n) is 10.8. The standard InChI is InChI=1S/C11H15N5O4/c1-19-9-7-8(14-11(12)15-9)16(4-13-7)10-6(18)2-5(3-17)20-10/h4-6,10,17-18H,2-3H2,1H3,(H2,12,14,15)/t5-,6+,10+/m1/s1. The normalized spacial score (nSPS) is 26.2. The Morgan fingerprint density at radius 3 is 3.00 bits per heavy atom. The summed E-state index contributed by atoms with van der Waals surface area (Å²) in [6.07, 6.45) is -0.00977. The molecule has 3 rings (SSSR count). The van der Waals surface area contributed by atoms with Crippen LogP contribution in [-0.2, 0) is 4.74 Å². The Bertz CT molecular complexity index is 631. The van der Waals surface area contributed by atoms with Gasteiger partial charge in [-0.3, -0.25) is 4.57 Å². The number of aliphatic hydroxyl groups is 2. The van der Waals surface area contributed by atoms with Crippen molar-refractivity contribution in [3.63, 3.8) is 0 Å². The van der Waals surface area contributed by atoms with E-state index in [0.29, 0.717) is 17.6 Å². The second-order valence-corrected chi connectivity index (χ2v) is 4.55. The Morgan fingerprint density at radius 2 is 2.35 bits per heavy atom. The van der Waals surface area contributed by atoms with Crippen LogP contribution in [0.2, 0.25) is 0 Å². The highest BCUT2D eigenvalue weighted by molar-refractivity contribution is 5.77. The third kappa shape index (κ3) is 1.96. The van der Waals surface area contributed by atoms with Gasteiger partial charge in [-0.2, -0.15) is 9.97 Å². The van der Waals surface area contributed by atoms with E-state index in [0.717, 1.165) is 0 Å². The summed E-state index contributed by atoms with van der Waals surface area (Å²) in [6, 6.07) is 0. The molecule has 9 nitrogen and oxygen atoms in total. The van der Waals surface area contributed by atoms with E-state index in [2.05, 4.69) is 15.0 Å². The first-order valence-corrected chi connectivity index (χ1v) is 6.12. The van der Waals surface area contributed by atoms with Gasteiger partial charge in [0.05, 0.1) is 26.1 Å². The third-order valence-corrected chi connectivity index (χ3v) is 3.24. The van der Waals surface area contributed by atoms with Gasteiger partial charge in [0.25, 0.3) is 0 Å². The van der Waals surface area contributed by atoms with Crippen LogP contribution in [0.5, 0.6) is 5.88 Å². The summed E-state index contributed by atoms with van der Waals surface area (Å²) in [5, 5.41) is 19.1. The average Bonchev–Trinajstić information content (AvgIpc) is 3.00. The van der Waals surface area contributed by atoms with Gasteiger partial charge in [-0.25, -0.2) is 4.98 Å². The molecular formula is C11H15N5O4. The molecule has 1 fully saturated rings. The highest BCUT2D eigenvalue weighted by Crippen LogP contribution is 2.32. The molecule has 0 spiro atoms. The molecule has 0 amide bonds. The number of ether oxygens (including phenoxy) is 2. The van der Waals surface area contributed by atoms with Crippen LogP contribution in [0, 0.1) is 0 Å². The minimum Gasteiger partial charge on any atom is -0.479 e. The number of nitrogen functional groups attached to an aromatic ring is 1. The summed E-state index contributed by atoms with van der Waals surface area (Å²) < 4.78 is 12.2. The van der Waals surface area contributed by atoms with Gasteiger partial charge in [0.2, 0.25) is 11.8 Å². The zero-order valence-corrected chi connectivity index (χ0v) is 10.8. The first-order valence-electron chi connectivity index (χ1n) is 6.12. The fraction of sp³-hybridized carbons (Fsp3) is 0.545. The summed E-state index contributed by atoms with van der Waals surface area (Å²) in [5.41, 5.74) is 6.48. The van der Waals surface area contributed by atoms with Gasteiger partial charge in [0, 0.05) is 6.42 Å². The smallest absolute Gasteiger partial charge is 0.246 e. The van der Waals surface area contributed by atoms with Crippen molar-refractivity contribution < 1.29 is 19.7 Å². The number of hydrogen-bond acceptors (Lipinski definition) is 8. The van der Waals surface area contributed by atoms with Gasteiger partial charge < -0.3 is 25.4 Å². The van der Waals surface area contributed by atoms with E-state index in [4.69, 9.17) is 20.3 Å². The molecule has 1 saturated heterocycles. The van der Waals surface area contributed by atoms with E-state index in [1.54, 1.807) is 4.57 Å². The summed E-state index contributed by atoms with van der Waals surface area (Å²) >= 11 is 0. The number of aromatic nitrogens is 4. The van der Waals surface area contributed by atoms with Gasteiger partial charge in [0.1, 0.15) is 6.10 Å². The molecular weight excluding hydrogens is 266 g/mol. The summed E-state index contributed by atoms with van der Waals surface area (Å²) in [7, 11) is 1.46. The average molecular weight is 281 g/mol. The second kappa shape index (κ2) is 4.85. The van der Waals surface area contributed by atoms with Crippen LogP contribution in [0.3, 0.4) is 0 Å². The molecule has 1 aliphatic rings. The molecule has 0 saturated carbocycles. The maximum absolute atomic E-state index is 10.0. The van der Waals surface area contributed by atoms with Crippen LogP contribution in [0.1, 0.15) is 12.6 Å². The summed E-state index contributed by atoms with van der Waals surface area (Å²) in [5.74, 6) is 0.305. The van der Waals surface area contributed by atoms with Crippen LogP contribution in [0.15, 0.2) is 6.33 Å². The molecule has 3 heterocycles. The minimum absolute atomic E-state index is 0.0438. The van der Waals surface area contributed by atoms with Crippen molar-refractivity contribution in [3.8, 4) is 5.88 Å². The molecule has 108 valence electrons. The Labute approximate surface area is 114 Å². The predicted octanol–water partition coefficient (Wildman–Crippen LogP) is -0.942. The lowest BCUT2D eigenvalue weighted by Crippen LogP contribution is -2.19. The van der Waals surface area contributed by atoms with E-state index in [9.17, 15) is 5.11 Å². The fourth-order valence-corrected chi connectivity index (χ4v) is 2.33. The molecule has 3 atom stereocenters. The topological polar surface area (TPSA) is 129 Å². The zero-order chi connectivity index (χ0) is 14.3. The SMILES string of the molecule is COc1nc(N)nc2c1ncn2[C@H]1O[C@@H](CO)C[C@@H]1O. The number of anilines is 1. The molecule has 0 bridgehead atoms. The maximum Gasteiger partial charge on any atom is 0.246 e. The van der Waals surface area contributed by atoms with E-state index < -0.39 is 18.4 Å². The number of aliphatic hydroxyl groups excluding tert-OH is 2. The highest BCUT2D eigenvalue weighted by Gasteiger charge is 2.36. The monoisotopic (exact) mass is 281 g/mol. The first-order chi connectivity index (χ1) is 9.63. The molecule has 0 aliphatic carbocycles. The molecule has 0 aromatic carbocycles. The maximum atomic E-state index is 10.0. The molecule has 2 aromatic heterocycles. The van der Waals surface area contributed by atoms with Crippen molar-refractivity contribution in [1.82, 2.24) is 19.5 Å². The Balaban J connectivity index is 2.07. The van der Waals surface area contributed by atoms with Crippen LogP contribution >= 0.6 is 0 Å². The van der Waals surface area contributed by atoms with E-state index in [1.807, 2.05) is 0 Å². The van der Waals surface area contributed by atoms with Gasteiger partial charge in [0.15, 0.2) is 17.4 Å². The highest BCUT2D eigenvalue weighted by atomic mass is 16.5. The molecule has 4 N–H and O–H groups in total. The number of hydrogen-bond donors (Lipinski definition) is 3. The van der Waals surface area contributed by atoms with Gasteiger partial charge >= 0.3 is 0 Å². The van der Waals surface area contributed by atoms with Crippen molar-refractivity contribution in [3.05, 3.63) is 6.33 Å². The number of nitrogens with zero attached hydrogens (tertiary/aromatic N) is 4. The third-order valence-electron chi connectivity index (χ3n) is 3.24. The van der Waals surface area contributed by atoms with E-state index in [-0.39, 0.29) is 18.4 Å². The van der Waals surface area contributed by atoms with Crippen molar-refractivity contribution in [2.24, 2.45) is 0 Å². The number of methoxy groups -OCH3 is 1. The predicted molar refractivity (Wildman–Crippen MR) is 67.9 cm³/mol. The molecule has 0 unspecified atom stereocenters. The van der Waals surface area contributed by atoms with Crippen LogP contribution in [0.25, 0.3) is 11.2 Å². The lowest BCUT2D eigenvalue weighted by Gasteiger charge is -2.16. The molecule has 20 heavy (non-hydrogen) atoms. The van der Waals surface area contributed by atoms with Crippen LogP contribution < -0.4 is 10.5 Å². The molecule has 0 radical (unpaired) electrons. The number of nitrogens with two attached hydrogens (primary N) is 1.